The second-order valence-corrected chi connectivity index (χ2v) is 8.76. The van der Waals surface area contributed by atoms with Gasteiger partial charge in [0.1, 0.15) is 11.4 Å². The molecule has 0 unspecified atom stereocenters. The Morgan fingerprint density at radius 3 is 2.96 bits per heavy atom. The fraction of sp³-hybridized carbons (Fsp3) is 0.471. The molecule has 7 nitrogen and oxygen atoms in total. The summed E-state index contributed by atoms with van der Waals surface area (Å²) in [5, 5.41) is 4.38. The van der Waals surface area contributed by atoms with Gasteiger partial charge >= 0.3 is 0 Å². The van der Waals surface area contributed by atoms with Crippen molar-refractivity contribution in [1.82, 2.24) is 14.5 Å². The van der Waals surface area contributed by atoms with Gasteiger partial charge in [-0.2, -0.15) is 5.10 Å². The highest BCUT2D eigenvalue weighted by molar-refractivity contribution is 7.89. The third kappa shape index (κ3) is 5.19. The van der Waals surface area contributed by atoms with Crippen molar-refractivity contribution < 1.29 is 22.3 Å². The number of hydrogen-bond acceptors (Lipinski definition) is 5. The minimum absolute atomic E-state index is 0.0159. The molecule has 2 heterocycles. The monoisotopic (exact) mass is 417 g/mol. The normalized spacial score (nSPS) is 20.6. The van der Waals surface area contributed by atoms with Gasteiger partial charge in [0, 0.05) is 30.8 Å². The van der Waals surface area contributed by atoms with Crippen molar-refractivity contribution in [3.8, 4) is 11.4 Å². The summed E-state index contributed by atoms with van der Waals surface area (Å²) in [6.45, 7) is 2.67. The maximum Gasteiger partial charge on any atom is 0.211 e. The van der Waals surface area contributed by atoms with Crippen LogP contribution in [0.1, 0.15) is 13.3 Å². The van der Waals surface area contributed by atoms with Gasteiger partial charge in [-0.1, -0.05) is 11.6 Å². The van der Waals surface area contributed by atoms with Crippen molar-refractivity contribution in [2.45, 2.75) is 19.4 Å². The van der Waals surface area contributed by atoms with Gasteiger partial charge in [-0.05, 0) is 25.5 Å². The van der Waals surface area contributed by atoms with E-state index in [1.807, 2.05) is 0 Å². The van der Waals surface area contributed by atoms with Crippen LogP contribution in [0.5, 0.6) is 5.75 Å². The predicted octanol–water partition coefficient (Wildman–Crippen LogP) is 2.39. The summed E-state index contributed by atoms with van der Waals surface area (Å²) in [4.78, 5) is 0. The molecule has 1 fully saturated rings. The van der Waals surface area contributed by atoms with Crippen molar-refractivity contribution in [3.63, 3.8) is 0 Å². The van der Waals surface area contributed by atoms with Gasteiger partial charge in [0.15, 0.2) is 5.82 Å². The summed E-state index contributed by atoms with van der Waals surface area (Å²) in [6.07, 6.45) is 3.50. The summed E-state index contributed by atoms with van der Waals surface area (Å²) in [5.74, 6) is -0.303. The van der Waals surface area contributed by atoms with Gasteiger partial charge < -0.3 is 9.47 Å². The molecule has 10 heteroatoms. The molecule has 2 aromatic rings. The fourth-order valence-electron chi connectivity index (χ4n) is 2.83. The molecular formula is C17H21ClFN3O4S. The average molecular weight is 418 g/mol. The quantitative estimate of drug-likeness (QED) is 0.748. The molecular weight excluding hydrogens is 397 g/mol. The first kappa shape index (κ1) is 20.1. The Balaban J connectivity index is 1.65. The zero-order chi connectivity index (χ0) is 19.4. The predicted molar refractivity (Wildman–Crippen MR) is 99.3 cm³/mol. The Morgan fingerprint density at radius 1 is 1.48 bits per heavy atom. The first-order chi connectivity index (χ1) is 12.9. The number of nitrogens with one attached hydrogen (secondary N) is 1. The van der Waals surface area contributed by atoms with Gasteiger partial charge in [0.2, 0.25) is 10.0 Å². The Labute approximate surface area is 162 Å². The van der Waals surface area contributed by atoms with Crippen LogP contribution in [0.2, 0.25) is 5.02 Å². The lowest BCUT2D eigenvalue weighted by atomic mass is 9.98. The van der Waals surface area contributed by atoms with Crippen LogP contribution in [0.4, 0.5) is 4.39 Å². The van der Waals surface area contributed by atoms with Gasteiger partial charge in [0.25, 0.3) is 0 Å². The lowest BCUT2D eigenvalue weighted by molar-refractivity contribution is 0.0186. The number of aromatic nitrogens is 2. The van der Waals surface area contributed by atoms with Gasteiger partial charge in [-0.3, -0.25) is 0 Å². The molecule has 0 spiro atoms. The summed E-state index contributed by atoms with van der Waals surface area (Å²) in [6, 6.07) is 4.17. The highest BCUT2D eigenvalue weighted by atomic mass is 35.5. The van der Waals surface area contributed by atoms with E-state index in [2.05, 4.69) is 9.82 Å². The van der Waals surface area contributed by atoms with Crippen LogP contribution in [0.15, 0.2) is 30.6 Å². The van der Waals surface area contributed by atoms with E-state index >= 15 is 0 Å². The summed E-state index contributed by atoms with van der Waals surface area (Å²) < 4.78 is 53.2. The second-order valence-electron chi connectivity index (χ2n) is 6.28. The number of nitrogens with zero attached hydrogens (tertiary/aromatic N) is 2. The minimum Gasteiger partial charge on any atom is -0.493 e. The SMILES string of the molecule is CCS(=O)(=O)N[C@H]1CCOC[C@@H]1COc1ccc(-n2cc(Cl)cn2)c(F)c1. The van der Waals surface area contributed by atoms with Crippen LogP contribution in [0.3, 0.4) is 0 Å². The van der Waals surface area contributed by atoms with Crippen molar-refractivity contribution in [3.05, 3.63) is 41.4 Å². The molecule has 1 saturated heterocycles. The third-order valence-electron chi connectivity index (χ3n) is 4.37. The molecule has 3 rings (SSSR count). The number of rotatable bonds is 7. The lowest BCUT2D eigenvalue weighted by Gasteiger charge is -2.31. The molecule has 2 atom stereocenters. The molecule has 0 amide bonds. The summed E-state index contributed by atoms with van der Waals surface area (Å²) in [5.41, 5.74) is 0.254. The Kier molecular flexibility index (Phi) is 6.36. The van der Waals surface area contributed by atoms with Crippen molar-refractivity contribution in [2.75, 3.05) is 25.6 Å². The third-order valence-corrected chi connectivity index (χ3v) is 5.98. The van der Waals surface area contributed by atoms with E-state index in [0.29, 0.717) is 30.4 Å². The maximum atomic E-state index is 14.4. The highest BCUT2D eigenvalue weighted by Gasteiger charge is 2.29. The van der Waals surface area contributed by atoms with E-state index in [1.54, 1.807) is 19.1 Å². The Bertz CT molecular complexity index is 890. The van der Waals surface area contributed by atoms with E-state index < -0.39 is 15.8 Å². The van der Waals surface area contributed by atoms with Crippen molar-refractivity contribution >= 4 is 21.6 Å². The fourth-order valence-corrected chi connectivity index (χ4v) is 3.90. The maximum absolute atomic E-state index is 14.4. The molecule has 0 saturated carbocycles. The van der Waals surface area contributed by atoms with Crippen molar-refractivity contribution in [2.24, 2.45) is 5.92 Å². The van der Waals surface area contributed by atoms with E-state index in [-0.39, 0.29) is 30.0 Å². The number of hydrogen-bond donors (Lipinski definition) is 1. The zero-order valence-electron chi connectivity index (χ0n) is 14.8. The molecule has 148 valence electrons. The second kappa shape index (κ2) is 8.55. The number of ether oxygens (including phenoxy) is 2. The highest BCUT2D eigenvalue weighted by Crippen LogP contribution is 2.23. The molecule has 1 aliphatic heterocycles. The zero-order valence-corrected chi connectivity index (χ0v) is 16.3. The topological polar surface area (TPSA) is 82.5 Å². The largest absolute Gasteiger partial charge is 0.493 e. The smallest absolute Gasteiger partial charge is 0.211 e. The number of sulfonamides is 1. The molecule has 0 bridgehead atoms. The Morgan fingerprint density at radius 2 is 2.30 bits per heavy atom. The van der Waals surface area contributed by atoms with Crippen LogP contribution in [0.25, 0.3) is 5.69 Å². The standard InChI is InChI=1S/C17H21ClFN3O4S/c1-2-27(23,24)21-16-5-6-25-10-12(16)11-26-14-3-4-17(15(19)7-14)22-9-13(18)8-20-22/h3-4,7-9,12,16,21H,2,5-6,10-11H2,1H3/t12-,16+/m1/s1. The average Bonchev–Trinajstić information content (AvgIpc) is 3.07. The first-order valence-corrected chi connectivity index (χ1v) is 10.6. The molecule has 1 N–H and O–H groups in total. The number of halogens is 2. The van der Waals surface area contributed by atoms with Crippen LogP contribution < -0.4 is 9.46 Å². The van der Waals surface area contributed by atoms with Crippen LogP contribution >= 0.6 is 11.6 Å². The van der Waals surface area contributed by atoms with Gasteiger partial charge in [-0.25, -0.2) is 22.2 Å². The van der Waals surface area contributed by atoms with Crippen LogP contribution in [-0.4, -0.2) is 49.8 Å². The van der Waals surface area contributed by atoms with Crippen molar-refractivity contribution in [1.29, 1.82) is 0 Å². The summed E-state index contributed by atoms with van der Waals surface area (Å²) >= 11 is 5.81. The molecule has 0 aliphatic carbocycles. The molecule has 1 aromatic carbocycles. The van der Waals surface area contributed by atoms with Crippen LogP contribution in [-0.2, 0) is 14.8 Å². The van der Waals surface area contributed by atoms with Crippen LogP contribution in [0, 0.1) is 11.7 Å². The molecule has 1 aliphatic rings. The van der Waals surface area contributed by atoms with E-state index in [0.717, 1.165) is 0 Å². The molecule has 0 radical (unpaired) electrons. The number of benzene rings is 1. The van der Waals surface area contributed by atoms with E-state index in [1.165, 1.54) is 23.1 Å². The van der Waals surface area contributed by atoms with Gasteiger partial charge in [0.05, 0.1) is 30.2 Å². The lowest BCUT2D eigenvalue weighted by Crippen LogP contribution is -2.47. The molecule has 27 heavy (non-hydrogen) atoms. The Hall–Kier alpha value is -1.68. The van der Waals surface area contributed by atoms with Gasteiger partial charge in [-0.15, -0.1) is 0 Å². The van der Waals surface area contributed by atoms with E-state index in [9.17, 15) is 12.8 Å². The summed E-state index contributed by atoms with van der Waals surface area (Å²) in [7, 11) is -3.32. The first-order valence-electron chi connectivity index (χ1n) is 8.58. The van der Waals surface area contributed by atoms with E-state index in [4.69, 9.17) is 21.1 Å². The molecule has 1 aromatic heterocycles. The minimum atomic E-state index is -3.32.